The standard InChI is InChI=1S/C24H37BrN2O4S/c1-2-3-4-5-6-7-8-9-10-11-12-13-14-15-22-23(25)24(28)27(26-22)20-16-18-21(19-17-20)32(29,30)31/h16-19,23H,2-15H2,1H3,(H,29,30,31)/t23-/m1/s1. The van der Waals surface area contributed by atoms with Crippen LogP contribution in [0.3, 0.4) is 0 Å². The molecule has 0 bridgehead atoms. The predicted molar refractivity (Wildman–Crippen MR) is 134 cm³/mol. The first kappa shape index (κ1) is 27.0. The molecule has 1 N–H and O–H groups in total. The Morgan fingerprint density at radius 2 is 1.34 bits per heavy atom. The first-order valence-electron chi connectivity index (χ1n) is 12.0. The quantitative estimate of drug-likeness (QED) is 0.144. The van der Waals surface area contributed by atoms with E-state index in [1.54, 1.807) is 0 Å². The Hall–Kier alpha value is -1.25. The number of anilines is 1. The third-order valence-corrected chi connectivity index (χ3v) is 7.65. The maximum absolute atomic E-state index is 12.5. The third kappa shape index (κ3) is 8.94. The van der Waals surface area contributed by atoms with Crippen molar-refractivity contribution >= 4 is 43.4 Å². The second-order valence-electron chi connectivity index (χ2n) is 8.57. The van der Waals surface area contributed by atoms with E-state index in [-0.39, 0.29) is 10.8 Å². The van der Waals surface area contributed by atoms with E-state index in [1.807, 2.05) is 0 Å². The zero-order valence-electron chi connectivity index (χ0n) is 19.1. The molecule has 1 aliphatic heterocycles. The molecule has 0 saturated heterocycles. The number of rotatable bonds is 16. The summed E-state index contributed by atoms with van der Waals surface area (Å²) in [5.74, 6) is -0.186. The molecule has 0 aromatic heterocycles. The molecule has 1 amide bonds. The highest BCUT2D eigenvalue weighted by atomic mass is 79.9. The van der Waals surface area contributed by atoms with E-state index in [0.29, 0.717) is 5.69 Å². The smallest absolute Gasteiger partial charge is 0.282 e. The van der Waals surface area contributed by atoms with Gasteiger partial charge in [0.15, 0.2) is 0 Å². The maximum Gasteiger partial charge on any atom is 0.294 e. The molecule has 1 atom stereocenters. The predicted octanol–water partition coefficient (Wildman–Crippen LogP) is 6.88. The number of unbranched alkanes of at least 4 members (excludes halogenated alkanes) is 12. The van der Waals surface area contributed by atoms with Crippen LogP contribution in [0.5, 0.6) is 0 Å². The molecule has 0 saturated carbocycles. The van der Waals surface area contributed by atoms with Crippen molar-refractivity contribution in [2.75, 3.05) is 5.01 Å². The van der Waals surface area contributed by atoms with E-state index in [0.717, 1.165) is 25.0 Å². The van der Waals surface area contributed by atoms with Crippen LogP contribution in [0.15, 0.2) is 34.3 Å². The molecule has 0 unspecified atom stereocenters. The minimum absolute atomic E-state index is 0.186. The van der Waals surface area contributed by atoms with Crippen molar-refractivity contribution in [3.63, 3.8) is 0 Å². The van der Waals surface area contributed by atoms with Gasteiger partial charge in [0.2, 0.25) is 0 Å². The van der Waals surface area contributed by atoms with E-state index in [4.69, 9.17) is 4.55 Å². The lowest BCUT2D eigenvalue weighted by molar-refractivity contribution is -0.116. The second-order valence-corrected chi connectivity index (χ2v) is 10.9. The van der Waals surface area contributed by atoms with E-state index in [9.17, 15) is 13.2 Å². The molecular formula is C24H37BrN2O4S. The average Bonchev–Trinajstić information content (AvgIpc) is 3.05. The molecule has 0 spiro atoms. The maximum atomic E-state index is 12.5. The van der Waals surface area contributed by atoms with Gasteiger partial charge in [0.1, 0.15) is 4.83 Å². The SMILES string of the molecule is CCCCCCCCCCCCCCCC1=NN(c2ccc(S(=O)(=O)O)cc2)C(=O)[C@@H]1Br. The van der Waals surface area contributed by atoms with E-state index in [2.05, 4.69) is 28.0 Å². The number of hydrogen-bond donors (Lipinski definition) is 1. The Labute approximate surface area is 201 Å². The summed E-state index contributed by atoms with van der Waals surface area (Å²) < 4.78 is 31.4. The fourth-order valence-electron chi connectivity index (χ4n) is 3.92. The summed E-state index contributed by atoms with van der Waals surface area (Å²) in [6.07, 6.45) is 17.6. The molecule has 1 aromatic rings. The minimum Gasteiger partial charge on any atom is -0.282 e. The van der Waals surface area contributed by atoms with Gasteiger partial charge in [-0.3, -0.25) is 9.35 Å². The van der Waals surface area contributed by atoms with Gasteiger partial charge >= 0.3 is 0 Å². The first-order valence-corrected chi connectivity index (χ1v) is 14.3. The lowest BCUT2D eigenvalue weighted by atomic mass is 10.0. The third-order valence-electron chi connectivity index (χ3n) is 5.86. The van der Waals surface area contributed by atoms with Crippen molar-refractivity contribution in [2.45, 2.75) is 107 Å². The number of hydrazone groups is 1. The van der Waals surface area contributed by atoms with Crippen LogP contribution in [0.25, 0.3) is 0 Å². The van der Waals surface area contributed by atoms with Crippen LogP contribution in [0.2, 0.25) is 0 Å². The molecule has 0 aliphatic carbocycles. The van der Waals surface area contributed by atoms with Crippen LogP contribution in [-0.2, 0) is 14.9 Å². The Bertz CT molecular complexity index is 840. The Kier molecular flexibility index (Phi) is 11.9. The highest BCUT2D eigenvalue weighted by Gasteiger charge is 2.34. The summed E-state index contributed by atoms with van der Waals surface area (Å²) >= 11 is 3.43. The van der Waals surface area contributed by atoms with Crippen LogP contribution in [0.4, 0.5) is 5.69 Å². The normalized spacial score (nSPS) is 16.6. The zero-order chi connectivity index (χ0) is 23.4. The largest absolute Gasteiger partial charge is 0.294 e. The summed E-state index contributed by atoms with van der Waals surface area (Å²) in [6, 6.07) is 5.47. The molecule has 1 heterocycles. The number of amides is 1. The number of carbonyl (C=O) groups is 1. The van der Waals surface area contributed by atoms with Crippen molar-refractivity contribution < 1.29 is 17.8 Å². The second kappa shape index (κ2) is 14.1. The lowest BCUT2D eigenvalue weighted by Gasteiger charge is -2.12. The summed E-state index contributed by atoms with van der Waals surface area (Å²) in [5, 5.41) is 5.74. The molecular weight excluding hydrogens is 492 g/mol. The summed E-state index contributed by atoms with van der Waals surface area (Å²) in [5.41, 5.74) is 1.28. The zero-order valence-corrected chi connectivity index (χ0v) is 21.5. The fourth-order valence-corrected chi connectivity index (χ4v) is 4.92. The van der Waals surface area contributed by atoms with Gasteiger partial charge in [-0.25, -0.2) is 0 Å². The van der Waals surface area contributed by atoms with E-state index < -0.39 is 14.9 Å². The van der Waals surface area contributed by atoms with Crippen molar-refractivity contribution in [2.24, 2.45) is 5.10 Å². The van der Waals surface area contributed by atoms with E-state index >= 15 is 0 Å². The van der Waals surface area contributed by atoms with E-state index in [1.165, 1.54) is 99.9 Å². The van der Waals surface area contributed by atoms with Gasteiger partial charge < -0.3 is 0 Å². The topological polar surface area (TPSA) is 87.0 Å². The highest BCUT2D eigenvalue weighted by molar-refractivity contribution is 9.10. The van der Waals surface area contributed by atoms with Crippen LogP contribution >= 0.6 is 15.9 Å². The first-order chi connectivity index (χ1) is 15.3. The number of carbonyl (C=O) groups excluding carboxylic acids is 1. The van der Waals surface area contributed by atoms with Crippen molar-refractivity contribution in [1.82, 2.24) is 0 Å². The molecule has 180 valence electrons. The Morgan fingerprint density at radius 3 is 1.81 bits per heavy atom. The number of benzene rings is 1. The van der Waals surface area contributed by atoms with Gasteiger partial charge in [-0.2, -0.15) is 18.5 Å². The molecule has 1 aromatic carbocycles. The molecule has 0 radical (unpaired) electrons. The Morgan fingerprint density at radius 1 is 0.875 bits per heavy atom. The number of hydrogen-bond acceptors (Lipinski definition) is 4. The fraction of sp³-hybridized carbons (Fsp3) is 0.667. The molecule has 2 rings (SSSR count). The van der Waals surface area contributed by atoms with Crippen LogP contribution < -0.4 is 5.01 Å². The number of nitrogens with zero attached hydrogens (tertiary/aromatic N) is 2. The van der Waals surface area contributed by atoms with Crippen LogP contribution in [-0.4, -0.2) is 29.4 Å². The average molecular weight is 530 g/mol. The summed E-state index contributed by atoms with van der Waals surface area (Å²) in [7, 11) is -4.26. The van der Waals surface area contributed by atoms with Crippen molar-refractivity contribution in [1.29, 1.82) is 0 Å². The number of alkyl halides is 1. The molecule has 32 heavy (non-hydrogen) atoms. The van der Waals surface area contributed by atoms with Gasteiger partial charge in [-0.05, 0) is 37.1 Å². The number of halogens is 1. The van der Waals surface area contributed by atoms with Crippen molar-refractivity contribution in [3.8, 4) is 0 Å². The van der Waals surface area contributed by atoms with Gasteiger partial charge in [-0.1, -0.05) is 99.9 Å². The monoisotopic (exact) mass is 528 g/mol. The van der Waals surface area contributed by atoms with Gasteiger partial charge in [0.05, 0.1) is 16.3 Å². The Balaban J connectivity index is 1.63. The van der Waals surface area contributed by atoms with Gasteiger partial charge in [0, 0.05) is 0 Å². The molecule has 6 nitrogen and oxygen atoms in total. The molecule has 0 fully saturated rings. The van der Waals surface area contributed by atoms with Crippen LogP contribution in [0, 0.1) is 0 Å². The lowest BCUT2D eigenvalue weighted by Crippen LogP contribution is -2.27. The minimum atomic E-state index is -4.26. The molecule has 1 aliphatic rings. The molecule has 8 heteroatoms. The highest BCUT2D eigenvalue weighted by Crippen LogP contribution is 2.27. The van der Waals surface area contributed by atoms with Gasteiger partial charge in [0.25, 0.3) is 16.0 Å². The van der Waals surface area contributed by atoms with Crippen molar-refractivity contribution in [3.05, 3.63) is 24.3 Å². The van der Waals surface area contributed by atoms with Gasteiger partial charge in [-0.15, -0.1) is 0 Å². The van der Waals surface area contributed by atoms with Crippen LogP contribution in [0.1, 0.15) is 96.8 Å². The summed E-state index contributed by atoms with van der Waals surface area (Å²) in [4.78, 5) is 11.9. The summed E-state index contributed by atoms with van der Waals surface area (Å²) in [6.45, 7) is 2.25.